The number of aromatic nitrogens is 3. The van der Waals surface area contributed by atoms with Gasteiger partial charge in [-0.2, -0.15) is 0 Å². The molecule has 1 aromatic heterocycles. The normalized spacial score (nSPS) is 21.8. The highest BCUT2D eigenvalue weighted by Crippen LogP contribution is 2.27. The fourth-order valence-corrected chi connectivity index (χ4v) is 3.99. The van der Waals surface area contributed by atoms with E-state index in [0.717, 1.165) is 24.9 Å². The van der Waals surface area contributed by atoms with Gasteiger partial charge in [0, 0.05) is 24.8 Å². The second-order valence-corrected chi connectivity index (χ2v) is 7.63. The molecule has 1 aromatic carbocycles. The van der Waals surface area contributed by atoms with E-state index in [1.165, 1.54) is 12.0 Å². The van der Waals surface area contributed by atoms with Crippen molar-refractivity contribution in [2.24, 2.45) is 5.92 Å². The van der Waals surface area contributed by atoms with Gasteiger partial charge in [0.05, 0.1) is 0 Å². The summed E-state index contributed by atoms with van der Waals surface area (Å²) in [5.74, 6) is 0.506. The maximum Gasteiger partial charge on any atom is 0.286 e. The molecular weight excluding hydrogens is 342 g/mol. The molecule has 0 bridgehead atoms. The summed E-state index contributed by atoms with van der Waals surface area (Å²) in [7, 11) is 0. The van der Waals surface area contributed by atoms with Crippen LogP contribution in [-0.4, -0.2) is 33.3 Å². The van der Waals surface area contributed by atoms with Crippen molar-refractivity contribution in [1.29, 1.82) is 0 Å². The first-order chi connectivity index (χ1) is 13.0. The highest BCUT2D eigenvalue weighted by Gasteiger charge is 2.29. The summed E-state index contributed by atoms with van der Waals surface area (Å²) in [4.78, 5) is 27.4. The van der Waals surface area contributed by atoms with Gasteiger partial charge >= 0.3 is 0 Å². The molecule has 0 unspecified atom stereocenters. The number of amides is 1. The number of nitrogens with one attached hydrogen (secondary N) is 1. The lowest BCUT2D eigenvalue weighted by atomic mass is 9.86. The van der Waals surface area contributed by atoms with E-state index in [2.05, 4.69) is 22.4 Å². The summed E-state index contributed by atoms with van der Waals surface area (Å²) < 4.78 is 1.55. The Morgan fingerprint density at radius 3 is 2.59 bits per heavy atom. The van der Waals surface area contributed by atoms with E-state index >= 15 is 0 Å². The molecule has 1 saturated carbocycles. The fourth-order valence-electron chi connectivity index (χ4n) is 3.99. The van der Waals surface area contributed by atoms with E-state index in [9.17, 15) is 9.59 Å². The molecule has 2 aromatic rings. The summed E-state index contributed by atoms with van der Waals surface area (Å²) in [6, 6.07) is 8.16. The summed E-state index contributed by atoms with van der Waals surface area (Å²) in [6.45, 7) is 5.31. The Bertz CT molecular complexity index is 906. The third-order valence-corrected chi connectivity index (χ3v) is 5.71. The highest BCUT2D eigenvalue weighted by molar-refractivity contribution is 5.92. The largest absolute Gasteiger partial charge is 0.347 e. The second kappa shape index (κ2) is 7.13. The third-order valence-electron chi connectivity index (χ3n) is 5.71. The Hall–Kier alpha value is -2.70. The van der Waals surface area contributed by atoms with E-state index in [4.69, 9.17) is 0 Å². The van der Waals surface area contributed by atoms with Crippen molar-refractivity contribution in [3.63, 3.8) is 0 Å². The predicted molar refractivity (Wildman–Crippen MR) is 103 cm³/mol. The molecule has 0 radical (unpaired) electrons. The second-order valence-electron chi connectivity index (χ2n) is 7.63. The fraction of sp³-hybridized carbons (Fsp3) is 0.500. The first-order valence-electron chi connectivity index (χ1n) is 9.67. The van der Waals surface area contributed by atoms with Gasteiger partial charge in [0.2, 0.25) is 11.6 Å². The molecule has 2 heterocycles. The highest BCUT2D eigenvalue weighted by atomic mass is 16.2. The van der Waals surface area contributed by atoms with E-state index in [-0.39, 0.29) is 17.3 Å². The Morgan fingerprint density at radius 1 is 1.11 bits per heavy atom. The SMILES string of the molecule is Cc1ccc(N2CCn3c2nnc(C(=O)N[C@@H]2CCCC[C@@H]2C)c3=O)cc1. The monoisotopic (exact) mass is 367 g/mol. The quantitative estimate of drug-likeness (QED) is 0.901. The zero-order chi connectivity index (χ0) is 19.0. The third kappa shape index (κ3) is 3.34. The molecule has 7 heteroatoms. The average Bonchev–Trinajstić information content (AvgIpc) is 3.09. The van der Waals surface area contributed by atoms with Crippen LogP contribution in [0.2, 0.25) is 0 Å². The van der Waals surface area contributed by atoms with Gasteiger partial charge in [0.25, 0.3) is 11.5 Å². The van der Waals surface area contributed by atoms with Crippen LogP contribution in [0.1, 0.15) is 48.7 Å². The van der Waals surface area contributed by atoms with Gasteiger partial charge in [0.1, 0.15) is 0 Å². The molecule has 27 heavy (non-hydrogen) atoms. The molecular formula is C20H25N5O2. The number of carbonyl (C=O) groups excluding carboxylic acids is 1. The molecule has 1 aliphatic carbocycles. The van der Waals surface area contributed by atoms with Crippen molar-refractivity contribution in [2.45, 2.75) is 52.1 Å². The topological polar surface area (TPSA) is 80.1 Å². The lowest BCUT2D eigenvalue weighted by molar-refractivity contribution is 0.0901. The van der Waals surface area contributed by atoms with Crippen LogP contribution in [0.25, 0.3) is 0 Å². The molecule has 1 aliphatic heterocycles. The predicted octanol–water partition coefficient (Wildman–Crippen LogP) is 2.41. The molecule has 0 saturated heterocycles. The number of fused-ring (bicyclic) bond motifs is 1. The van der Waals surface area contributed by atoms with Gasteiger partial charge < -0.3 is 10.2 Å². The first-order valence-corrected chi connectivity index (χ1v) is 9.67. The minimum Gasteiger partial charge on any atom is -0.347 e. The molecule has 4 rings (SSSR count). The van der Waals surface area contributed by atoms with Crippen LogP contribution in [-0.2, 0) is 6.54 Å². The minimum atomic E-state index is -0.407. The summed E-state index contributed by atoms with van der Waals surface area (Å²) in [5, 5.41) is 11.2. The number of hydrogen-bond acceptors (Lipinski definition) is 5. The number of aryl methyl sites for hydroxylation is 1. The maximum absolute atomic E-state index is 12.8. The number of nitrogens with zero attached hydrogens (tertiary/aromatic N) is 4. The summed E-state index contributed by atoms with van der Waals surface area (Å²) in [6.07, 6.45) is 4.36. The van der Waals surface area contributed by atoms with Crippen molar-refractivity contribution >= 4 is 17.5 Å². The van der Waals surface area contributed by atoms with Crippen LogP contribution in [0, 0.1) is 12.8 Å². The maximum atomic E-state index is 12.8. The van der Waals surface area contributed by atoms with Crippen LogP contribution in [0.4, 0.5) is 11.6 Å². The smallest absolute Gasteiger partial charge is 0.286 e. The van der Waals surface area contributed by atoms with Gasteiger partial charge in [-0.25, -0.2) is 0 Å². The molecule has 2 aliphatic rings. The lowest BCUT2D eigenvalue weighted by Crippen LogP contribution is -2.44. The number of rotatable bonds is 3. The zero-order valence-electron chi connectivity index (χ0n) is 15.8. The number of anilines is 2. The van der Waals surface area contributed by atoms with Gasteiger partial charge in [-0.1, -0.05) is 37.5 Å². The van der Waals surface area contributed by atoms with Gasteiger partial charge in [-0.05, 0) is 37.8 Å². The van der Waals surface area contributed by atoms with Crippen molar-refractivity contribution in [2.75, 3.05) is 11.4 Å². The molecule has 1 amide bonds. The number of hydrogen-bond donors (Lipinski definition) is 1. The van der Waals surface area contributed by atoms with Gasteiger partial charge in [-0.15, -0.1) is 10.2 Å². The number of carbonyl (C=O) groups is 1. The summed E-state index contributed by atoms with van der Waals surface area (Å²) in [5.41, 5.74) is 1.66. The van der Waals surface area contributed by atoms with Crippen molar-refractivity contribution in [3.8, 4) is 0 Å². The Morgan fingerprint density at radius 2 is 1.85 bits per heavy atom. The van der Waals surface area contributed by atoms with E-state index < -0.39 is 5.91 Å². The molecule has 1 fully saturated rings. The standard InChI is InChI=1S/C20H25N5O2/c1-13-7-9-15(10-8-13)24-11-12-25-19(27)17(22-23-20(24)25)18(26)21-16-6-4-3-5-14(16)2/h7-10,14,16H,3-6,11-12H2,1-2H3,(H,21,26)/t14-,16+/m0/s1. The lowest BCUT2D eigenvalue weighted by Gasteiger charge is -2.29. The Kier molecular flexibility index (Phi) is 4.68. The molecule has 142 valence electrons. The van der Waals surface area contributed by atoms with E-state index in [1.54, 1.807) is 4.57 Å². The van der Waals surface area contributed by atoms with Gasteiger partial charge in [0.15, 0.2) is 0 Å². The van der Waals surface area contributed by atoms with Crippen LogP contribution in [0.5, 0.6) is 0 Å². The van der Waals surface area contributed by atoms with Crippen molar-refractivity contribution in [1.82, 2.24) is 20.1 Å². The Labute approximate surface area is 158 Å². The summed E-state index contributed by atoms with van der Waals surface area (Å²) >= 11 is 0. The van der Waals surface area contributed by atoms with Crippen LogP contribution < -0.4 is 15.8 Å². The average molecular weight is 367 g/mol. The van der Waals surface area contributed by atoms with Crippen molar-refractivity contribution in [3.05, 3.63) is 45.9 Å². The van der Waals surface area contributed by atoms with E-state index in [1.807, 2.05) is 36.1 Å². The van der Waals surface area contributed by atoms with E-state index in [0.29, 0.717) is 25.0 Å². The zero-order valence-corrected chi connectivity index (χ0v) is 15.8. The molecule has 2 atom stereocenters. The molecule has 0 spiro atoms. The number of benzene rings is 1. The Balaban J connectivity index is 1.58. The molecule has 1 N–H and O–H groups in total. The molecule has 7 nitrogen and oxygen atoms in total. The minimum absolute atomic E-state index is 0.106. The van der Waals surface area contributed by atoms with Crippen LogP contribution >= 0.6 is 0 Å². The first kappa shape index (κ1) is 17.7. The van der Waals surface area contributed by atoms with Crippen LogP contribution in [0.15, 0.2) is 29.1 Å². The van der Waals surface area contributed by atoms with Crippen LogP contribution in [0.3, 0.4) is 0 Å². The van der Waals surface area contributed by atoms with Gasteiger partial charge in [-0.3, -0.25) is 14.2 Å². The van der Waals surface area contributed by atoms with Crippen molar-refractivity contribution < 1.29 is 4.79 Å².